The zero-order valence-electron chi connectivity index (χ0n) is 7.97. The van der Waals surface area contributed by atoms with Gasteiger partial charge >= 0.3 is 0 Å². The van der Waals surface area contributed by atoms with Crippen molar-refractivity contribution >= 4 is 9.84 Å². The molecule has 0 unspecified atom stereocenters. The minimum atomic E-state index is -3.12. The third-order valence-electron chi connectivity index (χ3n) is 2.56. The Morgan fingerprint density at radius 1 is 1.36 bits per heavy atom. The number of sulfone groups is 1. The van der Waals surface area contributed by atoms with Crippen molar-refractivity contribution < 1.29 is 8.42 Å². The van der Waals surface area contributed by atoms with Crippen LogP contribution in [0, 0.1) is 0 Å². The molecule has 3 nitrogen and oxygen atoms in total. The van der Waals surface area contributed by atoms with Crippen LogP contribution >= 0.6 is 0 Å². The van der Waals surface area contributed by atoms with Gasteiger partial charge in [0.25, 0.3) is 0 Å². The smallest absolute Gasteiger partial charge is 0.175 e. The highest BCUT2D eigenvalue weighted by atomic mass is 32.2. The minimum absolute atomic E-state index is 0.137. The summed E-state index contributed by atoms with van der Waals surface area (Å²) >= 11 is 0. The summed E-state index contributed by atoms with van der Waals surface area (Å²) in [4.78, 5) is 0.429. The molecule has 1 aliphatic carbocycles. The van der Waals surface area contributed by atoms with Crippen LogP contribution in [0.4, 0.5) is 0 Å². The second-order valence-corrected chi connectivity index (χ2v) is 5.80. The van der Waals surface area contributed by atoms with Crippen LogP contribution in [0.2, 0.25) is 0 Å². The van der Waals surface area contributed by atoms with Crippen molar-refractivity contribution in [2.24, 2.45) is 5.73 Å². The lowest BCUT2D eigenvalue weighted by atomic mass is 10.1. The molecular weight excluding hydrogens is 198 g/mol. The topological polar surface area (TPSA) is 60.2 Å². The predicted octanol–water partition coefficient (Wildman–Crippen LogP) is 0.905. The molecule has 0 aliphatic heterocycles. The van der Waals surface area contributed by atoms with Crippen molar-refractivity contribution in [3.8, 4) is 0 Å². The van der Waals surface area contributed by atoms with Gasteiger partial charge in [0.1, 0.15) is 0 Å². The van der Waals surface area contributed by atoms with Crippen molar-refractivity contribution in [1.82, 2.24) is 0 Å². The maximum atomic E-state index is 11.5. The molecule has 2 N–H and O–H groups in total. The molecular formula is C10H13NO2S. The van der Waals surface area contributed by atoms with E-state index in [1.54, 1.807) is 12.1 Å². The molecule has 0 spiro atoms. The molecule has 76 valence electrons. The van der Waals surface area contributed by atoms with E-state index < -0.39 is 9.84 Å². The molecule has 2 rings (SSSR count). The first-order valence-corrected chi connectivity index (χ1v) is 6.44. The monoisotopic (exact) mass is 211 g/mol. The first-order valence-electron chi connectivity index (χ1n) is 4.54. The Bertz CT molecular complexity index is 453. The van der Waals surface area contributed by atoms with E-state index >= 15 is 0 Å². The number of nitrogens with two attached hydrogens (primary N) is 1. The lowest BCUT2D eigenvalue weighted by Crippen LogP contribution is -2.06. The van der Waals surface area contributed by atoms with Gasteiger partial charge in [-0.2, -0.15) is 0 Å². The van der Waals surface area contributed by atoms with E-state index in [0.717, 1.165) is 12.0 Å². The standard InChI is InChI=1S/C10H13NO2S/c1-14(12,13)10-5-3-2-4-7(10)8-6-9(8)11/h2-5,8-9H,6,11H2,1H3/t8-,9+/m0/s1. The zero-order valence-corrected chi connectivity index (χ0v) is 8.79. The summed E-state index contributed by atoms with van der Waals surface area (Å²) in [6, 6.07) is 7.24. The van der Waals surface area contributed by atoms with Crippen LogP contribution < -0.4 is 5.73 Å². The average molecular weight is 211 g/mol. The minimum Gasteiger partial charge on any atom is -0.327 e. The van der Waals surface area contributed by atoms with Crippen LogP contribution in [0.25, 0.3) is 0 Å². The van der Waals surface area contributed by atoms with E-state index in [1.807, 2.05) is 12.1 Å². The molecule has 0 heterocycles. The van der Waals surface area contributed by atoms with Crippen LogP contribution in [0.5, 0.6) is 0 Å². The third-order valence-corrected chi connectivity index (χ3v) is 3.73. The molecule has 2 atom stereocenters. The van der Waals surface area contributed by atoms with Crippen LogP contribution in [0.15, 0.2) is 29.2 Å². The summed E-state index contributed by atoms with van der Waals surface area (Å²) in [5.41, 5.74) is 6.59. The molecule has 0 aromatic heterocycles. The number of rotatable bonds is 2. The Labute approximate surface area is 83.9 Å². The van der Waals surface area contributed by atoms with Gasteiger partial charge in [0.15, 0.2) is 9.84 Å². The first-order chi connectivity index (χ1) is 6.50. The second-order valence-electron chi connectivity index (χ2n) is 3.82. The number of hydrogen-bond donors (Lipinski definition) is 1. The van der Waals surface area contributed by atoms with E-state index in [-0.39, 0.29) is 12.0 Å². The van der Waals surface area contributed by atoms with E-state index in [2.05, 4.69) is 0 Å². The largest absolute Gasteiger partial charge is 0.327 e. The van der Waals surface area contributed by atoms with Crippen molar-refractivity contribution in [2.75, 3.05) is 6.26 Å². The molecule has 0 radical (unpaired) electrons. The lowest BCUT2D eigenvalue weighted by molar-refractivity contribution is 0.600. The van der Waals surface area contributed by atoms with E-state index in [1.165, 1.54) is 6.26 Å². The van der Waals surface area contributed by atoms with Crippen LogP contribution in [-0.4, -0.2) is 20.7 Å². The predicted molar refractivity (Wildman–Crippen MR) is 54.9 cm³/mol. The Morgan fingerprint density at radius 2 is 1.93 bits per heavy atom. The van der Waals surface area contributed by atoms with Gasteiger partial charge in [-0.05, 0) is 18.1 Å². The Kier molecular flexibility index (Phi) is 2.12. The normalized spacial score (nSPS) is 26.1. The van der Waals surface area contributed by atoms with E-state index in [9.17, 15) is 8.42 Å². The maximum absolute atomic E-state index is 11.5. The van der Waals surface area contributed by atoms with Gasteiger partial charge < -0.3 is 5.73 Å². The quantitative estimate of drug-likeness (QED) is 0.790. The molecule has 1 fully saturated rings. The summed E-state index contributed by atoms with van der Waals surface area (Å²) in [5.74, 6) is 0.237. The average Bonchev–Trinajstić information content (AvgIpc) is 2.81. The first kappa shape index (κ1) is 9.68. The second kappa shape index (κ2) is 3.07. The van der Waals surface area contributed by atoms with Gasteiger partial charge in [0.2, 0.25) is 0 Å². The molecule has 0 saturated heterocycles. The Balaban J connectivity index is 2.50. The molecule has 1 aromatic carbocycles. The third kappa shape index (κ3) is 1.67. The molecule has 1 aliphatic rings. The van der Waals surface area contributed by atoms with Crippen LogP contribution in [0.3, 0.4) is 0 Å². The maximum Gasteiger partial charge on any atom is 0.175 e. The van der Waals surface area contributed by atoms with Gasteiger partial charge in [-0.15, -0.1) is 0 Å². The van der Waals surface area contributed by atoms with Gasteiger partial charge in [0, 0.05) is 18.2 Å². The highest BCUT2D eigenvalue weighted by Gasteiger charge is 2.37. The molecule has 1 saturated carbocycles. The lowest BCUT2D eigenvalue weighted by Gasteiger charge is -2.05. The SMILES string of the molecule is CS(=O)(=O)c1ccccc1[C@@H]1C[C@H]1N. The molecule has 0 bridgehead atoms. The highest BCUT2D eigenvalue weighted by molar-refractivity contribution is 7.90. The summed E-state index contributed by atoms with van der Waals surface area (Å²) in [6.07, 6.45) is 2.13. The molecule has 4 heteroatoms. The Morgan fingerprint density at radius 3 is 2.43 bits per heavy atom. The van der Waals surface area contributed by atoms with Gasteiger partial charge in [-0.25, -0.2) is 8.42 Å². The fourth-order valence-corrected chi connectivity index (χ4v) is 2.67. The number of hydrogen-bond acceptors (Lipinski definition) is 3. The summed E-state index contributed by atoms with van der Waals surface area (Å²) < 4.78 is 22.9. The Hall–Kier alpha value is -0.870. The van der Waals surface area contributed by atoms with Crippen molar-refractivity contribution in [3.63, 3.8) is 0 Å². The van der Waals surface area contributed by atoms with E-state index in [0.29, 0.717) is 4.90 Å². The summed E-state index contributed by atoms with van der Waals surface area (Å²) in [5, 5.41) is 0. The van der Waals surface area contributed by atoms with Crippen molar-refractivity contribution in [1.29, 1.82) is 0 Å². The fourth-order valence-electron chi connectivity index (χ4n) is 1.70. The zero-order chi connectivity index (χ0) is 10.3. The van der Waals surface area contributed by atoms with Gasteiger partial charge in [-0.3, -0.25) is 0 Å². The van der Waals surface area contributed by atoms with Gasteiger partial charge in [0.05, 0.1) is 4.90 Å². The molecule has 1 aromatic rings. The summed E-state index contributed by atoms with van der Waals surface area (Å²) in [7, 11) is -3.12. The molecule has 14 heavy (non-hydrogen) atoms. The van der Waals surface area contributed by atoms with Crippen molar-refractivity contribution in [2.45, 2.75) is 23.3 Å². The van der Waals surface area contributed by atoms with Crippen LogP contribution in [-0.2, 0) is 9.84 Å². The van der Waals surface area contributed by atoms with Gasteiger partial charge in [-0.1, -0.05) is 18.2 Å². The number of benzene rings is 1. The highest BCUT2D eigenvalue weighted by Crippen LogP contribution is 2.41. The fraction of sp³-hybridized carbons (Fsp3) is 0.400. The summed E-state index contributed by atoms with van der Waals surface area (Å²) in [6.45, 7) is 0. The van der Waals surface area contributed by atoms with E-state index in [4.69, 9.17) is 5.73 Å². The van der Waals surface area contributed by atoms with Crippen LogP contribution in [0.1, 0.15) is 17.9 Å². The molecule has 0 amide bonds. The van der Waals surface area contributed by atoms with Crippen molar-refractivity contribution in [3.05, 3.63) is 29.8 Å².